The molecule has 1 saturated heterocycles. The van der Waals surface area contributed by atoms with Gasteiger partial charge < -0.3 is 15.5 Å². The average molecular weight is 297 g/mol. The van der Waals surface area contributed by atoms with Gasteiger partial charge in [0.15, 0.2) is 0 Å². The SMILES string of the molecule is CC.CNC(=O)C1(NC=O)CCN(C)CC1C(F)(F)F. The molecule has 20 heavy (non-hydrogen) atoms. The van der Waals surface area contributed by atoms with Crippen molar-refractivity contribution in [3.63, 3.8) is 0 Å². The number of likely N-dealkylation sites (tertiary alicyclic amines) is 1. The fourth-order valence-corrected chi connectivity index (χ4v) is 2.32. The Bertz CT molecular complexity index is 336. The number of piperidine rings is 1. The van der Waals surface area contributed by atoms with Crippen molar-refractivity contribution in [2.45, 2.75) is 32.0 Å². The number of carbonyl (C=O) groups is 2. The van der Waals surface area contributed by atoms with Gasteiger partial charge in [0, 0.05) is 20.1 Å². The van der Waals surface area contributed by atoms with Gasteiger partial charge in [0.25, 0.3) is 0 Å². The molecule has 1 aliphatic heterocycles. The van der Waals surface area contributed by atoms with Crippen molar-refractivity contribution in [1.82, 2.24) is 15.5 Å². The summed E-state index contributed by atoms with van der Waals surface area (Å²) in [6.07, 6.45) is -4.48. The molecule has 1 aliphatic rings. The molecule has 0 aromatic rings. The van der Waals surface area contributed by atoms with Crippen LogP contribution in [0.4, 0.5) is 13.2 Å². The topological polar surface area (TPSA) is 61.4 Å². The molecule has 2 atom stereocenters. The van der Waals surface area contributed by atoms with Crippen molar-refractivity contribution in [3.05, 3.63) is 0 Å². The summed E-state index contributed by atoms with van der Waals surface area (Å²) in [6.45, 7) is 3.98. The lowest BCUT2D eigenvalue weighted by Gasteiger charge is -2.45. The molecule has 2 N–H and O–H groups in total. The number of hydrogen-bond acceptors (Lipinski definition) is 3. The molecule has 0 aromatic heterocycles. The fraction of sp³-hybridized carbons (Fsp3) is 0.833. The Labute approximate surface area is 116 Å². The van der Waals surface area contributed by atoms with Crippen LogP contribution >= 0.6 is 0 Å². The standard InChI is InChI=1S/C10H16F3N3O2.C2H6/c1-14-8(18)9(15-6-17)3-4-16(2)5-7(9)10(11,12)13;1-2/h6-7H,3-5H2,1-2H3,(H,14,18)(H,15,17);1-2H3. The lowest BCUT2D eigenvalue weighted by Crippen LogP contribution is -2.69. The number of alkyl halides is 3. The van der Waals surface area contributed by atoms with Crippen LogP contribution < -0.4 is 10.6 Å². The minimum absolute atomic E-state index is 0.0773. The number of nitrogens with zero attached hydrogens (tertiary/aromatic N) is 1. The number of amides is 2. The van der Waals surface area contributed by atoms with Crippen LogP contribution in [-0.4, -0.2) is 56.1 Å². The van der Waals surface area contributed by atoms with E-state index in [9.17, 15) is 22.8 Å². The zero-order chi connectivity index (χ0) is 16.0. The Kier molecular flexibility index (Phi) is 6.98. The number of rotatable bonds is 3. The van der Waals surface area contributed by atoms with E-state index in [2.05, 4.69) is 10.6 Å². The predicted octanol–water partition coefficient (Wildman–Crippen LogP) is 0.757. The number of nitrogens with one attached hydrogen (secondary N) is 2. The summed E-state index contributed by atoms with van der Waals surface area (Å²) in [4.78, 5) is 23.9. The maximum atomic E-state index is 13.1. The summed E-state index contributed by atoms with van der Waals surface area (Å²) >= 11 is 0. The third kappa shape index (κ3) is 3.84. The quantitative estimate of drug-likeness (QED) is 0.756. The summed E-state index contributed by atoms with van der Waals surface area (Å²) in [5, 5.41) is 4.28. The summed E-state index contributed by atoms with van der Waals surface area (Å²) in [7, 11) is 2.80. The van der Waals surface area contributed by atoms with Crippen molar-refractivity contribution in [3.8, 4) is 0 Å². The van der Waals surface area contributed by atoms with Gasteiger partial charge in [-0.25, -0.2) is 0 Å². The van der Waals surface area contributed by atoms with Crippen LogP contribution in [0.5, 0.6) is 0 Å². The van der Waals surface area contributed by atoms with Gasteiger partial charge in [-0.15, -0.1) is 0 Å². The first kappa shape index (κ1) is 18.7. The van der Waals surface area contributed by atoms with Gasteiger partial charge in [0.2, 0.25) is 12.3 Å². The van der Waals surface area contributed by atoms with E-state index in [1.165, 1.54) is 11.9 Å². The molecule has 0 aromatic carbocycles. The average Bonchev–Trinajstić information content (AvgIpc) is 2.41. The van der Waals surface area contributed by atoms with Crippen LogP contribution in [0.1, 0.15) is 20.3 Å². The molecule has 8 heteroatoms. The molecule has 1 rings (SSSR count). The molecule has 1 heterocycles. The predicted molar refractivity (Wildman–Crippen MR) is 69.0 cm³/mol. The van der Waals surface area contributed by atoms with Gasteiger partial charge in [-0.1, -0.05) is 13.8 Å². The Morgan fingerprint density at radius 3 is 2.35 bits per heavy atom. The molecule has 0 spiro atoms. The second-order valence-electron chi connectivity index (χ2n) is 4.42. The highest BCUT2D eigenvalue weighted by molar-refractivity contribution is 5.88. The highest BCUT2D eigenvalue weighted by Gasteiger charge is 2.59. The first-order valence-electron chi connectivity index (χ1n) is 6.46. The molecule has 2 amide bonds. The lowest BCUT2D eigenvalue weighted by atomic mass is 9.76. The van der Waals surface area contributed by atoms with Crippen LogP contribution in [0.15, 0.2) is 0 Å². The zero-order valence-corrected chi connectivity index (χ0v) is 12.2. The second-order valence-corrected chi connectivity index (χ2v) is 4.42. The molecule has 5 nitrogen and oxygen atoms in total. The molecule has 0 saturated carbocycles. The van der Waals surface area contributed by atoms with Crippen molar-refractivity contribution in [1.29, 1.82) is 0 Å². The molecule has 0 aliphatic carbocycles. The third-order valence-corrected chi connectivity index (χ3v) is 3.32. The number of likely N-dealkylation sites (N-methyl/N-ethyl adjacent to an activating group) is 1. The van der Waals surface area contributed by atoms with Gasteiger partial charge in [-0.05, 0) is 13.5 Å². The Balaban J connectivity index is 0.00000172. The maximum Gasteiger partial charge on any atom is 0.395 e. The molecule has 0 bridgehead atoms. The van der Waals surface area contributed by atoms with Crippen LogP contribution in [-0.2, 0) is 9.59 Å². The van der Waals surface area contributed by atoms with E-state index in [1.54, 1.807) is 7.05 Å². The van der Waals surface area contributed by atoms with E-state index < -0.39 is 23.5 Å². The van der Waals surface area contributed by atoms with E-state index in [1.807, 2.05) is 13.8 Å². The summed E-state index contributed by atoms with van der Waals surface area (Å²) in [6, 6.07) is 0. The monoisotopic (exact) mass is 297 g/mol. The molecule has 0 radical (unpaired) electrons. The van der Waals surface area contributed by atoms with Crippen molar-refractivity contribution >= 4 is 12.3 Å². The van der Waals surface area contributed by atoms with Gasteiger partial charge >= 0.3 is 6.18 Å². The van der Waals surface area contributed by atoms with Crippen molar-refractivity contribution in [2.75, 3.05) is 27.2 Å². The largest absolute Gasteiger partial charge is 0.395 e. The highest BCUT2D eigenvalue weighted by Crippen LogP contribution is 2.39. The number of hydrogen-bond donors (Lipinski definition) is 2. The minimum Gasteiger partial charge on any atom is -0.357 e. The van der Waals surface area contributed by atoms with Gasteiger partial charge in [-0.2, -0.15) is 13.2 Å². The Hall–Kier alpha value is -1.31. The third-order valence-electron chi connectivity index (χ3n) is 3.32. The smallest absolute Gasteiger partial charge is 0.357 e. The zero-order valence-electron chi connectivity index (χ0n) is 12.2. The van der Waals surface area contributed by atoms with Crippen molar-refractivity contribution in [2.24, 2.45) is 5.92 Å². The maximum absolute atomic E-state index is 13.1. The Morgan fingerprint density at radius 1 is 1.40 bits per heavy atom. The van der Waals surface area contributed by atoms with Crippen LogP contribution in [0, 0.1) is 5.92 Å². The summed E-state index contributed by atoms with van der Waals surface area (Å²) in [5.74, 6) is -2.74. The minimum atomic E-state index is -4.56. The van der Waals surface area contributed by atoms with Crippen LogP contribution in [0.25, 0.3) is 0 Å². The van der Waals surface area contributed by atoms with Crippen LogP contribution in [0.3, 0.4) is 0 Å². The highest BCUT2D eigenvalue weighted by atomic mass is 19.4. The summed E-state index contributed by atoms with van der Waals surface area (Å²) < 4.78 is 39.2. The molecule has 118 valence electrons. The normalized spacial score (nSPS) is 27.1. The van der Waals surface area contributed by atoms with E-state index in [0.717, 1.165) is 0 Å². The molecular weight excluding hydrogens is 275 g/mol. The van der Waals surface area contributed by atoms with E-state index in [0.29, 0.717) is 6.54 Å². The van der Waals surface area contributed by atoms with Gasteiger partial charge in [0.1, 0.15) is 5.54 Å². The second kappa shape index (κ2) is 7.47. The van der Waals surface area contributed by atoms with E-state index >= 15 is 0 Å². The molecule has 1 fully saturated rings. The van der Waals surface area contributed by atoms with Gasteiger partial charge in [0.05, 0.1) is 5.92 Å². The first-order valence-corrected chi connectivity index (χ1v) is 6.46. The number of carbonyl (C=O) groups excluding carboxylic acids is 2. The van der Waals surface area contributed by atoms with Crippen molar-refractivity contribution < 1.29 is 22.8 Å². The summed E-state index contributed by atoms with van der Waals surface area (Å²) in [5.41, 5.74) is -1.92. The van der Waals surface area contributed by atoms with E-state index in [-0.39, 0.29) is 19.4 Å². The molecule has 2 unspecified atom stereocenters. The Morgan fingerprint density at radius 2 is 1.95 bits per heavy atom. The van der Waals surface area contributed by atoms with Crippen LogP contribution in [0.2, 0.25) is 0 Å². The number of halogens is 3. The first-order chi connectivity index (χ1) is 9.28. The lowest BCUT2D eigenvalue weighted by molar-refractivity contribution is -0.210. The van der Waals surface area contributed by atoms with E-state index in [4.69, 9.17) is 0 Å². The fourth-order valence-electron chi connectivity index (χ4n) is 2.32. The van der Waals surface area contributed by atoms with Gasteiger partial charge in [-0.3, -0.25) is 9.59 Å². The molecular formula is C12H22F3N3O2.